The summed E-state index contributed by atoms with van der Waals surface area (Å²) in [6.45, 7) is 3.48. The van der Waals surface area contributed by atoms with E-state index in [1.54, 1.807) is 12.4 Å². The summed E-state index contributed by atoms with van der Waals surface area (Å²) in [5.41, 5.74) is 4.16. The Morgan fingerprint density at radius 1 is 1.12 bits per heavy atom. The van der Waals surface area contributed by atoms with Gasteiger partial charge in [-0.15, -0.1) is 0 Å². The van der Waals surface area contributed by atoms with Crippen LogP contribution in [0.3, 0.4) is 0 Å². The lowest BCUT2D eigenvalue weighted by Crippen LogP contribution is -2.19. The predicted octanol–water partition coefficient (Wildman–Crippen LogP) is 3.18. The average Bonchev–Trinajstić information content (AvgIpc) is 3.10. The van der Waals surface area contributed by atoms with Gasteiger partial charge in [-0.05, 0) is 43.7 Å². The second-order valence-corrected chi connectivity index (χ2v) is 6.05. The minimum Gasteiger partial charge on any atom is -0.393 e. The molecular formula is C20H24N4O. The normalized spacial score (nSPS) is 12.2. The van der Waals surface area contributed by atoms with E-state index < -0.39 is 0 Å². The van der Waals surface area contributed by atoms with Crippen molar-refractivity contribution in [3.05, 3.63) is 66.6 Å². The fourth-order valence-corrected chi connectivity index (χ4v) is 2.70. The number of aliphatic hydroxyl groups excluding tert-OH is 1. The van der Waals surface area contributed by atoms with Gasteiger partial charge in [0.05, 0.1) is 17.5 Å². The standard InChI is InChI=1S/C20H24N4O/c1-2-19(25)10-13-22-14-17-15-24(18-6-4-3-5-7-18)23-20(17)16-8-11-21-12-9-16/h3-9,11-12,15,19,22,25H,2,10,13-14H2,1H3. The summed E-state index contributed by atoms with van der Waals surface area (Å²) in [4.78, 5) is 4.09. The lowest BCUT2D eigenvalue weighted by molar-refractivity contribution is 0.159. The molecule has 1 unspecified atom stereocenters. The van der Waals surface area contributed by atoms with E-state index in [9.17, 15) is 5.11 Å². The Balaban J connectivity index is 1.81. The summed E-state index contributed by atoms with van der Waals surface area (Å²) >= 11 is 0. The van der Waals surface area contributed by atoms with Crippen molar-refractivity contribution >= 4 is 0 Å². The van der Waals surface area contributed by atoms with Gasteiger partial charge >= 0.3 is 0 Å². The zero-order valence-electron chi connectivity index (χ0n) is 14.5. The number of aliphatic hydroxyl groups is 1. The molecule has 1 aromatic carbocycles. The van der Waals surface area contributed by atoms with E-state index in [2.05, 4.69) is 16.5 Å². The van der Waals surface area contributed by atoms with E-state index in [-0.39, 0.29) is 6.10 Å². The van der Waals surface area contributed by atoms with Crippen LogP contribution in [0.5, 0.6) is 0 Å². The summed E-state index contributed by atoms with van der Waals surface area (Å²) in [6, 6.07) is 14.0. The third-order valence-corrected chi connectivity index (χ3v) is 4.21. The number of aromatic nitrogens is 3. The molecule has 0 bridgehead atoms. The molecular weight excluding hydrogens is 312 g/mol. The molecule has 2 aromatic heterocycles. The molecule has 0 saturated carbocycles. The maximum atomic E-state index is 9.68. The van der Waals surface area contributed by atoms with Gasteiger partial charge in [0, 0.05) is 36.3 Å². The van der Waals surface area contributed by atoms with Gasteiger partial charge in [-0.1, -0.05) is 25.1 Å². The topological polar surface area (TPSA) is 63.0 Å². The van der Waals surface area contributed by atoms with Crippen LogP contribution >= 0.6 is 0 Å². The van der Waals surface area contributed by atoms with Crippen molar-refractivity contribution in [2.24, 2.45) is 0 Å². The van der Waals surface area contributed by atoms with Crippen molar-refractivity contribution in [3.63, 3.8) is 0 Å². The maximum Gasteiger partial charge on any atom is 0.0973 e. The van der Waals surface area contributed by atoms with Crippen LogP contribution in [0.2, 0.25) is 0 Å². The Morgan fingerprint density at radius 2 is 1.88 bits per heavy atom. The number of hydrogen-bond acceptors (Lipinski definition) is 4. The fraction of sp³-hybridized carbons (Fsp3) is 0.300. The zero-order valence-corrected chi connectivity index (χ0v) is 14.5. The van der Waals surface area contributed by atoms with Gasteiger partial charge in [-0.3, -0.25) is 4.98 Å². The highest BCUT2D eigenvalue weighted by molar-refractivity contribution is 5.62. The number of benzene rings is 1. The molecule has 0 radical (unpaired) electrons. The van der Waals surface area contributed by atoms with Crippen molar-refractivity contribution in [3.8, 4) is 16.9 Å². The molecule has 130 valence electrons. The van der Waals surface area contributed by atoms with Gasteiger partial charge in [0.15, 0.2) is 0 Å². The van der Waals surface area contributed by atoms with E-state index in [0.717, 1.165) is 41.9 Å². The van der Waals surface area contributed by atoms with Crippen LogP contribution in [0.1, 0.15) is 25.3 Å². The fourth-order valence-electron chi connectivity index (χ4n) is 2.70. The smallest absolute Gasteiger partial charge is 0.0973 e. The van der Waals surface area contributed by atoms with E-state index in [0.29, 0.717) is 6.54 Å². The van der Waals surface area contributed by atoms with Crippen molar-refractivity contribution in [2.45, 2.75) is 32.4 Å². The van der Waals surface area contributed by atoms with Crippen LogP contribution in [0.15, 0.2) is 61.1 Å². The quantitative estimate of drug-likeness (QED) is 0.620. The first-order chi connectivity index (χ1) is 12.3. The lowest BCUT2D eigenvalue weighted by Gasteiger charge is -2.08. The molecule has 2 heterocycles. The van der Waals surface area contributed by atoms with Gasteiger partial charge in [0.25, 0.3) is 0 Å². The molecule has 0 spiro atoms. The summed E-state index contributed by atoms with van der Waals surface area (Å²) in [6.07, 6.45) is 6.94. The molecule has 0 amide bonds. The monoisotopic (exact) mass is 336 g/mol. The molecule has 0 aliphatic rings. The molecule has 0 fully saturated rings. The van der Waals surface area contributed by atoms with Crippen molar-refractivity contribution in [1.82, 2.24) is 20.1 Å². The molecule has 3 aromatic rings. The van der Waals surface area contributed by atoms with Crippen LogP contribution < -0.4 is 5.32 Å². The van der Waals surface area contributed by atoms with Gasteiger partial charge in [-0.2, -0.15) is 5.10 Å². The third-order valence-electron chi connectivity index (χ3n) is 4.21. The van der Waals surface area contributed by atoms with Crippen molar-refractivity contribution in [2.75, 3.05) is 6.54 Å². The number of rotatable bonds is 8. The van der Waals surface area contributed by atoms with E-state index in [1.165, 1.54) is 0 Å². The predicted molar refractivity (Wildman–Crippen MR) is 99.4 cm³/mol. The SMILES string of the molecule is CCC(O)CCNCc1cn(-c2ccccc2)nc1-c1ccncc1. The van der Waals surface area contributed by atoms with E-state index >= 15 is 0 Å². The Bertz CT molecular complexity index is 771. The van der Waals surface area contributed by atoms with E-state index in [1.807, 2.05) is 54.1 Å². The van der Waals surface area contributed by atoms with Crippen LogP contribution in [0.4, 0.5) is 0 Å². The molecule has 0 aliphatic carbocycles. The molecule has 1 atom stereocenters. The minimum atomic E-state index is -0.237. The molecule has 0 saturated heterocycles. The summed E-state index contributed by atoms with van der Waals surface area (Å²) in [5.74, 6) is 0. The highest BCUT2D eigenvalue weighted by Gasteiger charge is 2.12. The zero-order chi connectivity index (χ0) is 17.5. The number of nitrogens with zero attached hydrogens (tertiary/aromatic N) is 3. The van der Waals surface area contributed by atoms with Gasteiger partial charge in [-0.25, -0.2) is 4.68 Å². The first-order valence-corrected chi connectivity index (χ1v) is 8.71. The second kappa shape index (κ2) is 8.55. The maximum absolute atomic E-state index is 9.68. The highest BCUT2D eigenvalue weighted by atomic mass is 16.3. The Kier molecular flexibility index (Phi) is 5.93. The third kappa shape index (κ3) is 4.53. The Morgan fingerprint density at radius 3 is 2.60 bits per heavy atom. The minimum absolute atomic E-state index is 0.237. The van der Waals surface area contributed by atoms with Crippen LogP contribution in [0.25, 0.3) is 16.9 Å². The number of pyridine rings is 1. The van der Waals surface area contributed by atoms with E-state index in [4.69, 9.17) is 5.10 Å². The molecule has 25 heavy (non-hydrogen) atoms. The molecule has 5 heteroatoms. The van der Waals surface area contributed by atoms with Gasteiger partial charge < -0.3 is 10.4 Å². The Hall–Kier alpha value is -2.50. The lowest BCUT2D eigenvalue weighted by atomic mass is 10.1. The molecule has 5 nitrogen and oxygen atoms in total. The summed E-state index contributed by atoms with van der Waals surface area (Å²) < 4.78 is 1.91. The summed E-state index contributed by atoms with van der Waals surface area (Å²) in [7, 11) is 0. The summed E-state index contributed by atoms with van der Waals surface area (Å²) in [5, 5.41) is 17.9. The van der Waals surface area contributed by atoms with Crippen molar-refractivity contribution < 1.29 is 5.11 Å². The second-order valence-electron chi connectivity index (χ2n) is 6.05. The van der Waals surface area contributed by atoms with Crippen molar-refractivity contribution in [1.29, 1.82) is 0 Å². The molecule has 0 aliphatic heterocycles. The first kappa shape index (κ1) is 17.3. The first-order valence-electron chi connectivity index (χ1n) is 8.71. The molecule has 3 rings (SSSR count). The molecule has 2 N–H and O–H groups in total. The van der Waals surface area contributed by atoms with Crippen LogP contribution in [-0.4, -0.2) is 32.5 Å². The number of hydrogen-bond donors (Lipinski definition) is 2. The van der Waals surface area contributed by atoms with Crippen LogP contribution in [-0.2, 0) is 6.54 Å². The number of nitrogens with one attached hydrogen (secondary N) is 1. The Labute approximate surface area is 148 Å². The number of para-hydroxylation sites is 1. The highest BCUT2D eigenvalue weighted by Crippen LogP contribution is 2.23. The van der Waals surface area contributed by atoms with Gasteiger partial charge in [0.2, 0.25) is 0 Å². The average molecular weight is 336 g/mol. The van der Waals surface area contributed by atoms with Crippen LogP contribution in [0, 0.1) is 0 Å². The largest absolute Gasteiger partial charge is 0.393 e. The van der Waals surface area contributed by atoms with Gasteiger partial charge in [0.1, 0.15) is 0 Å².